The minimum Gasteiger partial charge on any atom is -0.337 e. The normalized spacial score (nSPS) is 32.2. The van der Waals surface area contributed by atoms with Gasteiger partial charge in [0.25, 0.3) is 6.43 Å². The Hall–Kier alpha value is -2.37. The van der Waals surface area contributed by atoms with Gasteiger partial charge in [-0.3, -0.25) is 14.8 Å². The van der Waals surface area contributed by atoms with Gasteiger partial charge in [0.05, 0.1) is 0 Å². The van der Waals surface area contributed by atoms with Gasteiger partial charge < -0.3 is 4.90 Å². The van der Waals surface area contributed by atoms with Gasteiger partial charge in [-0.15, -0.1) is 0 Å². The molecule has 2 aromatic heterocycles. The predicted octanol–water partition coefficient (Wildman–Crippen LogP) is 3.99. The molecule has 1 amide bonds. The highest BCUT2D eigenvalue weighted by atomic mass is 19.3. The fourth-order valence-electron chi connectivity index (χ4n) is 5.44. The molecular formula is C21H21F2N3O. The van der Waals surface area contributed by atoms with Crippen LogP contribution in [0.3, 0.4) is 0 Å². The minimum absolute atomic E-state index is 0.0447. The van der Waals surface area contributed by atoms with Crippen LogP contribution in [0, 0.1) is 0 Å². The molecule has 4 aliphatic rings. The second-order valence-corrected chi connectivity index (χ2v) is 8.32. The molecule has 0 N–H and O–H groups in total. The Morgan fingerprint density at radius 2 is 1.85 bits per heavy atom. The van der Waals surface area contributed by atoms with Gasteiger partial charge in [0.15, 0.2) is 0 Å². The molecule has 2 aromatic rings. The van der Waals surface area contributed by atoms with E-state index in [9.17, 15) is 13.6 Å². The van der Waals surface area contributed by atoms with Crippen molar-refractivity contribution in [3.63, 3.8) is 0 Å². The number of alkyl halides is 2. The van der Waals surface area contributed by atoms with Crippen molar-refractivity contribution in [1.82, 2.24) is 14.9 Å². The fraction of sp³-hybridized carbons (Fsp3) is 0.476. The lowest BCUT2D eigenvalue weighted by Crippen LogP contribution is -2.78. The van der Waals surface area contributed by atoms with Gasteiger partial charge in [-0.05, 0) is 60.9 Å². The van der Waals surface area contributed by atoms with Crippen molar-refractivity contribution in [3.8, 4) is 0 Å². The monoisotopic (exact) mass is 369 g/mol. The minimum atomic E-state index is -2.56. The van der Waals surface area contributed by atoms with E-state index in [2.05, 4.69) is 27.0 Å². The summed E-state index contributed by atoms with van der Waals surface area (Å²) < 4.78 is 25.3. The van der Waals surface area contributed by atoms with Crippen molar-refractivity contribution in [2.75, 3.05) is 6.54 Å². The van der Waals surface area contributed by atoms with Gasteiger partial charge in [0, 0.05) is 42.5 Å². The number of carbonyl (C=O) groups is 1. The van der Waals surface area contributed by atoms with E-state index in [0.717, 1.165) is 37.8 Å². The second-order valence-electron chi connectivity index (χ2n) is 8.32. The van der Waals surface area contributed by atoms with E-state index < -0.39 is 6.43 Å². The SMILES string of the molecule is O=C1CC(c2ccc(C(F)F)nc2)CCN1C12CC(c3ccncc3)(C1)C2. The van der Waals surface area contributed by atoms with Gasteiger partial charge in [0.2, 0.25) is 5.91 Å². The van der Waals surface area contributed by atoms with Crippen LogP contribution < -0.4 is 0 Å². The maximum Gasteiger partial charge on any atom is 0.280 e. The lowest BCUT2D eigenvalue weighted by molar-refractivity contribution is -0.189. The smallest absolute Gasteiger partial charge is 0.280 e. The molecule has 1 saturated heterocycles. The summed E-state index contributed by atoms with van der Waals surface area (Å²) in [6, 6.07) is 7.25. The number of amides is 1. The number of piperidine rings is 1. The zero-order chi connectivity index (χ0) is 18.6. The Morgan fingerprint density at radius 1 is 1.11 bits per heavy atom. The molecule has 1 aliphatic heterocycles. The van der Waals surface area contributed by atoms with E-state index in [0.29, 0.717) is 6.42 Å². The average molecular weight is 369 g/mol. The van der Waals surface area contributed by atoms with Gasteiger partial charge in [-0.1, -0.05) is 6.07 Å². The summed E-state index contributed by atoms with van der Waals surface area (Å²) in [7, 11) is 0. The van der Waals surface area contributed by atoms with Gasteiger partial charge >= 0.3 is 0 Å². The van der Waals surface area contributed by atoms with Crippen LogP contribution in [0.25, 0.3) is 0 Å². The Kier molecular flexibility index (Phi) is 3.61. The predicted molar refractivity (Wildman–Crippen MR) is 95.4 cm³/mol. The molecule has 4 fully saturated rings. The van der Waals surface area contributed by atoms with Gasteiger partial charge in [-0.25, -0.2) is 8.78 Å². The van der Waals surface area contributed by atoms with Crippen molar-refractivity contribution in [3.05, 3.63) is 59.7 Å². The maximum absolute atomic E-state index is 12.8. The highest BCUT2D eigenvalue weighted by Gasteiger charge is 2.71. The van der Waals surface area contributed by atoms with Crippen molar-refractivity contribution < 1.29 is 13.6 Å². The Bertz CT molecular complexity index is 849. The van der Waals surface area contributed by atoms with Crippen LogP contribution in [-0.4, -0.2) is 32.9 Å². The number of carbonyl (C=O) groups excluding carboxylic acids is 1. The second kappa shape index (κ2) is 5.81. The number of hydrogen-bond acceptors (Lipinski definition) is 3. The molecular weight excluding hydrogens is 348 g/mol. The van der Waals surface area contributed by atoms with Gasteiger partial charge in [-0.2, -0.15) is 0 Å². The summed E-state index contributed by atoms with van der Waals surface area (Å²) in [5.74, 6) is 0.265. The van der Waals surface area contributed by atoms with Crippen molar-refractivity contribution in [2.45, 2.75) is 55.4 Å². The number of likely N-dealkylation sites (tertiary alicyclic amines) is 1. The zero-order valence-corrected chi connectivity index (χ0v) is 14.9. The molecule has 27 heavy (non-hydrogen) atoms. The molecule has 1 atom stereocenters. The molecule has 6 rings (SSSR count). The molecule has 3 aliphatic carbocycles. The van der Waals surface area contributed by atoms with E-state index in [1.165, 1.54) is 17.8 Å². The number of aromatic nitrogens is 2. The summed E-state index contributed by atoms with van der Waals surface area (Å²) in [6.45, 7) is 0.743. The highest BCUT2D eigenvalue weighted by Crippen LogP contribution is 2.70. The van der Waals surface area contributed by atoms with E-state index in [4.69, 9.17) is 0 Å². The summed E-state index contributed by atoms with van der Waals surface area (Å²) in [4.78, 5) is 22.9. The zero-order valence-electron chi connectivity index (χ0n) is 14.9. The maximum atomic E-state index is 12.8. The number of hydrogen-bond donors (Lipinski definition) is 0. The van der Waals surface area contributed by atoms with E-state index in [1.54, 1.807) is 6.07 Å². The standard InChI is InChI=1S/C21H21F2N3O/c22-19(23)17-2-1-15(10-25-17)14-5-8-26(18(27)9-14)21-11-20(12-21,13-21)16-3-6-24-7-4-16/h1-4,6-7,10,14,19H,5,8-9,11-13H2. The molecule has 1 unspecified atom stereocenters. The van der Waals surface area contributed by atoms with E-state index in [-0.39, 0.29) is 28.5 Å². The summed E-state index contributed by atoms with van der Waals surface area (Å²) in [6.07, 6.45) is 7.08. The van der Waals surface area contributed by atoms with E-state index in [1.807, 2.05) is 12.4 Å². The van der Waals surface area contributed by atoms with Crippen molar-refractivity contribution >= 4 is 5.91 Å². The van der Waals surface area contributed by atoms with Crippen LogP contribution in [-0.2, 0) is 10.2 Å². The molecule has 6 heteroatoms. The Balaban J connectivity index is 1.24. The lowest BCUT2D eigenvalue weighted by atomic mass is 9.37. The Labute approximate surface area is 156 Å². The van der Waals surface area contributed by atoms with Gasteiger partial charge in [0.1, 0.15) is 5.69 Å². The molecule has 2 bridgehead atoms. The van der Waals surface area contributed by atoms with Crippen LogP contribution in [0.1, 0.15) is 61.3 Å². The quantitative estimate of drug-likeness (QED) is 0.819. The number of rotatable bonds is 4. The largest absolute Gasteiger partial charge is 0.337 e. The van der Waals surface area contributed by atoms with Crippen molar-refractivity contribution in [2.24, 2.45) is 0 Å². The molecule has 3 saturated carbocycles. The molecule has 0 radical (unpaired) electrons. The third-order valence-corrected chi connectivity index (χ3v) is 6.80. The van der Waals surface area contributed by atoms with Crippen molar-refractivity contribution in [1.29, 1.82) is 0 Å². The topological polar surface area (TPSA) is 46.1 Å². The molecule has 140 valence electrons. The summed E-state index contributed by atoms with van der Waals surface area (Å²) >= 11 is 0. The number of nitrogens with zero attached hydrogens (tertiary/aromatic N) is 3. The third-order valence-electron chi connectivity index (χ3n) is 6.80. The molecule has 0 aromatic carbocycles. The third kappa shape index (κ3) is 2.49. The Morgan fingerprint density at radius 3 is 2.44 bits per heavy atom. The summed E-state index contributed by atoms with van der Waals surface area (Å²) in [5, 5.41) is 0. The number of halogens is 2. The highest BCUT2D eigenvalue weighted by molar-refractivity contribution is 5.80. The van der Waals surface area contributed by atoms with Crippen LogP contribution in [0.2, 0.25) is 0 Å². The molecule has 4 nitrogen and oxygen atoms in total. The first-order valence-electron chi connectivity index (χ1n) is 9.46. The number of pyridine rings is 2. The summed E-state index contributed by atoms with van der Waals surface area (Å²) in [5.41, 5.74) is 2.31. The first-order valence-corrected chi connectivity index (χ1v) is 9.46. The van der Waals surface area contributed by atoms with Crippen LogP contribution in [0.5, 0.6) is 0 Å². The molecule has 3 heterocycles. The van der Waals surface area contributed by atoms with Crippen LogP contribution in [0.4, 0.5) is 8.78 Å². The fourth-order valence-corrected chi connectivity index (χ4v) is 5.44. The first-order chi connectivity index (χ1) is 13.0. The average Bonchev–Trinajstić information content (AvgIpc) is 2.62. The van der Waals surface area contributed by atoms with E-state index >= 15 is 0 Å². The van der Waals surface area contributed by atoms with Crippen LogP contribution >= 0.6 is 0 Å². The van der Waals surface area contributed by atoms with Crippen LogP contribution in [0.15, 0.2) is 42.9 Å². The lowest BCUT2D eigenvalue weighted by Gasteiger charge is -2.74. The molecule has 0 spiro atoms. The first kappa shape index (κ1) is 16.8.